The molecule has 0 bridgehead atoms. The van der Waals surface area contributed by atoms with E-state index in [4.69, 9.17) is 10.3 Å². The first-order valence-corrected chi connectivity index (χ1v) is 5.53. The monoisotopic (exact) mass is 236 g/mol. The predicted octanol–water partition coefficient (Wildman–Crippen LogP) is 0.898. The van der Waals surface area contributed by atoms with Crippen molar-refractivity contribution in [3.8, 4) is 11.5 Å². The fourth-order valence-electron chi connectivity index (χ4n) is 1.57. The normalized spacial score (nSPS) is 10.8. The van der Waals surface area contributed by atoms with Crippen LogP contribution in [0.5, 0.6) is 0 Å². The van der Waals surface area contributed by atoms with Gasteiger partial charge in [0.2, 0.25) is 0 Å². The molecule has 0 aliphatic rings. The second-order valence-corrected chi connectivity index (χ2v) is 3.64. The van der Waals surface area contributed by atoms with Crippen molar-refractivity contribution in [3.05, 3.63) is 6.20 Å². The van der Waals surface area contributed by atoms with Gasteiger partial charge in [-0.25, -0.2) is 0 Å². The van der Waals surface area contributed by atoms with Crippen LogP contribution in [0.2, 0.25) is 0 Å². The standard InChI is InChI=1S/C10H16N6O/c1-4-16(5-2)10-13-9(17-14-10)7-6-12-15(3)8(7)11/h6H,4-5,11H2,1-3H3. The lowest BCUT2D eigenvalue weighted by molar-refractivity contribution is 0.429. The molecule has 2 aromatic rings. The van der Waals surface area contributed by atoms with E-state index in [1.54, 1.807) is 17.9 Å². The van der Waals surface area contributed by atoms with Gasteiger partial charge in [-0.1, -0.05) is 0 Å². The Kier molecular flexibility index (Phi) is 2.99. The zero-order valence-electron chi connectivity index (χ0n) is 10.2. The van der Waals surface area contributed by atoms with Crippen LogP contribution in [0.1, 0.15) is 13.8 Å². The topological polar surface area (TPSA) is 86.0 Å². The van der Waals surface area contributed by atoms with Gasteiger partial charge >= 0.3 is 0 Å². The molecule has 0 spiro atoms. The van der Waals surface area contributed by atoms with Crippen LogP contribution in [0.3, 0.4) is 0 Å². The lowest BCUT2D eigenvalue weighted by atomic mass is 10.3. The Morgan fingerprint density at radius 2 is 2.12 bits per heavy atom. The smallest absolute Gasteiger partial charge is 0.266 e. The largest absolute Gasteiger partial charge is 0.383 e. The summed E-state index contributed by atoms with van der Waals surface area (Å²) in [5.74, 6) is 1.49. The molecule has 0 amide bonds. The molecule has 7 nitrogen and oxygen atoms in total. The average molecular weight is 236 g/mol. The predicted molar refractivity (Wildman–Crippen MR) is 64.5 cm³/mol. The van der Waals surface area contributed by atoms with E-state index in [-0.39, 0.29) is 0 Å². The van der Waals surface area contributed by atoms with E-state index in [1.807, 2.05) is 18.7 Å². The summed E-state index contributed by atoms with van der Waals surface area (Å²) < 4.78 is 6.76. The summed E-state index contributed by atoms with van der Waals surface area (Å²) in [5.41, 5.74) is 6.51. The second-order valence-electron chi connectivity index (χ2n) is 3.64. The van der Waals surface area contributed by atoms with Crippen LogP contribution >= 0.6 is 0 Å². The number of nitrogens with zero attached hydrogens (tertiary/aromatic N) is 5. The summed E-state index contributed by atoms with van der Waals surface area (Å²) in [5, 5.41) is 7.97. The molecule has 0 unspecified atom stereocenters. The third-order valence-corrected chi connectivity index (χ3v) is 2.68. The highest BCUT2D eigenvalue weighted by molar-refractivity contribution is 5.66. The minimum Gasteiger partial charge on any atom is -0.383 e. The average Bonchev–Trinajstić information content (AvgIpc) is 2.90. The SMILES string of the molecule is CCN(CC)c1noc(-c2cnn(C)c2N)n1. The van der Waals surface area contributed by atoms with Gasteiger partial charge in [-0.3, -0.25) is 4.68 Å². The van der Waals surface area contributed by atoms with E-state index in [2.05, 4.69) is 15.2 Å². The number of hydrogen-bond acceptors (Lipinski definition) is 6. The van der Waals surface area contributed by atoms with Crippen molar-refractivity contribution < 1.29 is 4.52 Å². The summed E-state index contributed by atoms with van der Waals surface area (Å²) in [6.45, 7) is 5.74. The Hall–Kier alpha value is -2.05. The van der Waals surface area contributed by atoms with Crippen LogP contribution in [0.25, 0.3) is 11.5 Å². The van der Waals surface area contributed by atoms with Gasteiger partial charge in [-0.15, -0.1) is 0 Å². The molecule has 0 aliphatic heterocycles. The highest BCUT2D eigenvalue weighted by Crippen LogP contribution is 2.24. The molecular formula is C10H16N6O. The molecule has 2 rings (SSSR count). The molecule has 0 aromatic carbocycles. The van der Waals surface area contributed by atoms with Crippen molar-refractivity contribution in [2.24, 2.45) is 7.05 Å². The molecule has 0 saturated carbocycles. The molecule has 2 heterocycles. The van der Waals surface area contributed by atoms with Gasteiger partial charge in [0, 0.05) is 20.1 Å². The molecular weight excluding hydrogens is 220 g/mol. The highest BCUT2D eigenvalue weighted by atomic mass is 16.5. The van der Waals surface area contributed by atoms with E-state index in [0.29, 0.717) is 23.2 Å². The van der Waals surface area contributed by atoms with Crippen molar-refractivity contribution in [1.82, 2.24) is 19.9 Å². The van der Waals surface area contributed by atoms with Gasteiger partial charge in [-0.05, 0) is 19.0 Å². The molecule has 0 aliphatic carbocycles. The van der Waals surface area contributed by atoms with E-state index in [1.165, 1.54) is 0 Å². The fraction of sp³-hybridized carbons (Fsp3) is 0.500. The van der Waals surface area contributed by atoms with Crippen molar-refractivity contribution in [1.29, 1.82) is 0 Å². The third-order valence-electron chi connectivity index (χ3n) is 2.68. The van der Waals surface area contributed by atoms with E-state index >= 15 is 0 Å². The lowest BCUT2D eigenvalue weighted by Crippen LogP contribution is -2.22. The molecule has 2 aromatic heterocycles. The Morgan fingerprint density at radius 1 is 1.41 bits per heavy atom. The molecule has 92 valence electrons. The first kappa shape index (κ1) is 11.4. The van der Waals surface area contributed by atoms with Crippen LogP contribution < -0.4 is 10.6 Å². The van der Waals surface area contributed by atoms with Gasteiger partial charge in [0.15, 0.2) is 0 Å². The van der Waals surface area contributed by atoms with Crippen LogP contribution in [-0.4, -0.2) is 33.0 Å². The summed E-state index contributed by atoms with van der Waals surface area (Å²) >= 11 is 0. The molecule has 2 N–H and O–H groups in total. The first-order chi connectivity index (χ1) is 8.17. The van der Waals surface area contributed by atoms with E-state index in [9.17, 15) is 0 Å². The van der Waals surface area contributed by atoms with Crippen LogP contribution in [0.15, 0.2) is 10.7 Å². The Morgan fingerprint density at radius 3 is 2.65 bits per heavy atom. The zero-order chi connectivity index (χ0) is 12.4. The number of anilines is 2. The van der Waals surface area contributed by atoms with Gasteiger partial charge in [0.25, 0.3) is 11.8 Å². The lowest BCUT2D eigenvalue weighted by Gasteiger charge is -2.14. The molecule has 0 saturated heterocycles. The number of nitrogens with two attached hydrogens (primary N) is 1. The number of aromatic nitrogens is 4. The van der Waals surface area contributed by atoms with Gasteiger partial charge in [0.05, 0.1) is 6.20 Å². The maximum Gasteiger partial charge on any atom is 0.266 e. The fourth-order valence-corrected chi connectivity index (χ4v) is 1.57. The maximum absolute atomic E-state index is 5.84. The maximum atomic E-state index is 5.84. The van der Waals surface area contributed by atoms with Crippen LogP contribution in [0.4, 0.5) is 11.8 Å². The minimum atomic E-state index is 0.400. The molecule has 0 atom stereocenters. The molecule has 7 heteroatoms. The molecule has 17 heavy (non-hydrogen) atoms. The minimum absolute atomic E-state index is 0.400. The third kappa shape index (κ3) is 1.95. The molecule has 0 fully saturated rings. The van der Waals surface area contributed by atoms with Gasteiger partial charge in [-0.2, -0.15) is 10.1 Å². The number of nitrogen functional groups attached to an aromatic ring is 1. The Bertz CT molecular complexity index is 499. The quantitative estimate of drug-likeness (QED) is 0.848. The number of aryl methyl sites for hydroxylation is 1. The summed E-state index contributed by atoms with van der Waals surface area (Å²) in [6, 6.07) is 0. The Balaban J connectivity index is 2.32. The van der Waals surface area contributed by atoms with E-state index < -0.39 is 0 Å². The number of rotatable bonds is 4. The van der Waals surface area contributed by atoms with Gasteiger partial charge in [0.1, 0.15) is 11.4 Å². The van der Waals surface area contributed by atoms with Gasteiger partial charge < -0.3 is 15.2 Å². The van der Waals surface area contributed by atoms with E-state index in [0.717, 1.165) is 13.1 Å². The van der Waals surface area contributed by atoms with Crippen molar-refractivity contribution in [2.75, 3.05) is 23.7 Å². The van der Waals surface area contributed by atoms with Crippen molar-refractivity contribution in [3.63, 3.8) is 0 Å². The summed E-state index contributed by atoms with van der Waals surface area (Å²) in [6.07, 6.45) is 1.62. The van der Waals surface area contributed by atoms with Crippen molar-refractivity contribution in [2.45, 2.75) is 13.8 Å². The zero-order valence-corrected chi connectivity index (χ0v) is 10.2. The van der Waals surface area contributed by atoms with Crippen LogP contribution in [-0.2, 0) is 7.05 Å². The van der Waals surface area contributed by atoms with Crippen molar-refractivity contribution >= 4 is 11.8 Å². The summed E-state index contributed by atoms with van der Waals surface area (Å²) in [7, 11) is 1.76. The summed E-state index contributed by atoms with van der Waals surface area (Å²) in [4.78, 5) is 6.31. The highest BCUT2D eigenvalue weighted by Gasteiger charge is 2.16. The Labute approximate surface area is 99.2 Å². The first-order valence-electron chi connectivity index (χ1n) is 5.53. The molecule has 0 radical (unpaired) electrons. The van der Waals surface area contributed by atoms with Crippen LogP contribution in [0, 0.1) is 0 Å². The number of hydrogen-bond donors (Lipinski definition) is 1. The second kappa shape index (κ2) is 4.44.